The number of benzene rings is 1. The Morgan fingerprint density at radius 2 is 2.00 bits per heavy atom. The number of carbonyl (C=O) groups excluding carboxylic acids is 1. The van der Waals surface area contributed by atoms with Crippen LogP contribution >= 0.6 is 11.6 Å². The van der Waals surface area contributed by atoms with Gasteiger partial charge in [0.1, 0.15) is 17.4 Å². The molecule has 1 aliphatic heterocycles. The minimum absolute atomic E-state index is 0.0278. The number of aromatic nitrogens is 2. The molecular weight excluding hydrogens is 428 g/mol. The van der Waals surface area contributed by atoms with Crippen LogP contribution in [0.3, 0.4) is 0 Å². The molecule has 2 aromatic rings. The first-order valence-electron chi connectivity index (χ1n) is 10.7. The molecule has 7 nitrogen and oxygen atoms in total. The van der Waals surface area contributed by atoms with E-state index >= 15 is 0 Å². The van der Waals surface area contributed by atoms with Crippen LogP contribution in [0.15, 0.2) is 65.5 Å². The van der Waals surface area contributed by atoms with Crippen molar-refractivity contribution in [2.45, 2.75) is 38.4 Å². The highest BCUT2D eigenvalue weighted by atomic mass is 35.5. The van der Waals surface area contributed by atoms with E-state index in [1.165, 1.54) is 11.6 Å². The minimum Gasteiger partial charge on any atom is -0.511 e. The Morgan fingerprint density at radius 1 is 1.22 bits per heavy atom. The summed E-state index contributed by atoms with van der Waals surface area (Å²) in [4.78, 5) is 25.6. The van der Waals surface area contributed by atoms with Gasteiger partial charge in [-0.15, -0.1) is 0 Å². The number of aliphatic hydroxyl groups excluding tert-OH is 2. The smallest absolute Gasteiger partial charge is 0.234 e. The molecule has 0 bridgehead atoms. The third kappa shape index (κ3) is 4.95. The van der Waals surface area contributed by atoms with Gasteiger partial charge in [-0.1, -0.05) is 35.9 Å². The highest BCUT2D eigenvalue weighted by molar-refractivity contribution is 6.30. The molecule has 8 heteroatoms. The summed E-state index contributed by atoms with van der Waals surface area (Å²) in [5.41, 5.74) is 3.19. The molecule has 4 rings (SSSR count). The number of likely N-dealkylation sites (tertiary alicyclic amines) is 1. The standard InChI is InChI=1S/C24H27ClN4O3/c1-28(15-18-13-26-8-9-27-18)14-16-4-6-17(7-5-16)21-3-2-10-29(21)24(32)19-11-20(25)23(31)12-22(19)30/h4-9,12-13,19,21,30-31H,2-3,10-11,14-15H2,1H3. The number of hydrogen-bond acceptors (Lipinski definition) is 6. The maximum Gasteiger partial charge on any atom is 0.234 e. The Labute approximate surface area is 192 Å². The van der Waals surface area contributed by atoms with E-state index in [0.717, 1.165) is 30.6 Å². The normalized spacial score (nSPS) is 21.2. The fraction of sp³-hybridized carbons (Fsp3) is 0.375. The van der Waals surface area contributed by atoms with Gasteiger partial charge in [-0.2, -0.15) is 0 Å². The van der Waals surface area contributed by atoms with Gasteiger partial charge < -0.3 is 15.1 Å². The molecule has 1 fully saturated rings. The van der Waals surface area contributed by atoms with Crippen LogP contribution in [-0.4, -0.2) is 49.5 Å². The number of halogens is 1. The van der Waals surface area contributed by atoms with E-state index in [9.17, 15) is 15.0 Å². The van der Waals surface area contributed by atoms with Crippen LogP contribution in [0.1, 0.15) is 42.1 Å². The third-order valence-corrected chi connectivity index (χ3v) is 6.35. The van der Waals surface area contributed by atoms with Gasteiger partial charge >= 0.3 is 0 Å². The lowest BCUT2D eigenvalue weighted by Gasteiger charge is -2.30. The molecule has 2 N–H and O–H groups in total. The molecule has 0 radical (unpaired) electrons. The van der Waals surface area contributed by atoms with E-state index < -0.39 is 5.92 Å². The first-order chi connectivity index (χ1) is 15.4. The summed E-state index contributed by atoms with van der Waals surface area (Å²) in [6.07, 6.45) is 8.22. The Hall–Kier alpha value is -2.90. The zero-order valence-corrected chi connectivity index (χ0v) is 18.7. The molecule has 1 aromatic carbocycles. The van der Waals surface area contributed by atoms with E-state index in [2.05, 4.69) is 39.1 Å². The summed E-state index contributed by atoms with van der Waals surface area (Å²) >= 11 is 6.03. The Kier molecular flexibility index (Phi) is 6.77. The van der Waals surface area contributed by atoms with Crippen molar-refractivity contribution in [2.24, 2.45) is 5.92 Å². The minimum atomic E-state index is -0.743. The van der Waals surface area contributed by atoms with Gasteiger partial charge in [0.2, 0.25) is 5.91 Å². The number of rotatable bonds is 6. The number of aliphatic hydroxyl groups is 2. The van der Waals surface area contributed by atoms with Crippen molar-refractivity contribution in [2.75, 3.05) is 13.6 Å². The Bertz CT molecular complexity index is 1020. The van der Waals surface area contributed by atoms with Gasteiger partial charge in [0.05, 0.1) is 16.8 Å². The molecule has 1 saturated heterocycles. The third-order valence-electron chi connectivity index (χ3n) is 6.00. The fourth-order valence-corrected chi connectivity index (χ4v) is 4.61. The zero-order valence-electron chi connectivity index (χ0n) is 18.0. The number of hydrogen-bond donors (Lipinski definition) is 2. The quantitative estimate of drug-likeness (QED) is 0.678. The number of carbonyl (C=O) groups is 1. The van der Waals surface area contributed by atoms with Crippen molar-refractivity contribution in [3.63, 3.8) is 0 Å². The molecule has 0 saturated carbocycles. The van der Waals surface area contributed by atoms with E-state index in [-0.39, 0.29) is 34.9 Å². The van der Waals surface area contributed by atoms with E-state index in [0.29, 0.717) is 13.1 Å². The first kappa shape index (κ1) is 22.3. The van der Waals surface area contributed by atoms with Gasteiger partial charge in [0.15, 0.2) is 0 Å². The largest absolute Gasteiger partial charge is 0.511 e. The van der Waals surface area contributed by atoms with E-state index in [1.54, 1.807) is 18.6 Å². The molecule has 2 atom stereocenters. The van der Waals surface area contributed by atoms with Crippen molar-refractivity contribution < 1.29 is 15.0 Å². The van der Waals surface area contributed by atoms with Crippen molar-refractivity contribution in [1.29, 1.82) is 0 Å². The van der Waals surface area contributed by atoms with Gasteiger partial charge in [-0.25, -0.2) is 0 Å². The molecule has 32 heavy (non-hydrogen) atoms. The second-order valence-electron chi connectivity index (χ2n) is 8.42. The van der Waals surface area contributed by atoms with E-state index in [1.807, 2.05) is 11.9 Å². The number of amides is 1. The molecule has 1 aromatic heterocycles. The maximum absolute atomic E-state index is 13.2. The van der Waals surface area contributed by atoms with Crippen LogP contribution < -0.4 is 0 Å². The topological polar surface area (TPSA) is 89.8 Å². The Morgan fingerprint density at radius 3 is 2.72 bits per heavy atom. The Balaban J connectivity index is 1.41. The zero-order chi connectivity index (χ0) is 22.7. The number of allylic oxidation sites excluding steroid dienone is 2. The SMILES string of the molecule is CN(Cc1ccc(C2CCCN2C(=O)C2CC(Cl)=C(O)C=C2O)cc1)Cc1cnccn1. The second-order valence-corrected chi connectivity index (χ2v) is 8.87. The van der Waals surface area contributed by atoms with Gasteiger partial charge in [-0.3, -0.25) is 19.7 Å². The van der Waals surface area contributed by atoms with Gasteiger partial charge in [0.25, 0.3) is 0 Å². The molecule has 1 aliphatic carbocycles. The predicted octanol–water partition coefficient (Wildman–Crippen LogP) is 4.24. The first-order valence-corrected chi connectivity index (χ1v) is 11.1. The average molecular weight is 455 g/mol. The van der Waals surface area contributed by atoms with Crippen LogP contribution in [0.25, 0.3) is 0 Å². The van der Waals surface area contributed by atoms with Crippen molar-refractivity contribution in [3.05, 3.63) is 82.3 Å². The second kappa shape index (κ2) is 9.71. The molecule has 2 heterocycles. The molecule has 1 amide bonds. The van der Waals surface area contributed by atoms with Crippen molar-refractivity contribution in [1.82, 2.24) is 19.8 Å². The molecular formula is C24H27ClN4O3. The highest BCUT2D eigenvalue weighted by Gasteiger charge is 2.37. The molecule has 168 valence electrons. The summed E-state index contributed by atoms with van der Waals surface area (Å²) in [7, 11) is 2.04. The average Bonchev–Trinajstić information content (AvgIpc) is 3.27. The monoisotopic (exact) mass is 454 g/mol. The predicted molar refractivity (Wildman–Crippen MR) is 122 cm³/mol. The molecule has 0 spiro atoms. The summed E-state index contributed by atoms with van der Waals surface area (Å²) in [5.74, 6) is -1.21. The van der Waals surface area contributed by atoms with Gasteiger partial charge in [0, 0.05) is 50.7 Å². The van der Waals surface area contributed by atoms with Crippen LogP contribution in [0.2, 0.25) is 0 Å². The van der Waals surface area contributed by atoms with E-state index in [4.69, 9.17) is 11.6 Å². The molecule has 2 aliphatic rings. The van der Waals surface area contributed by atoms with Gasteiger partial charge in [-0.05, 0) is 31.0 Å². The summed E-state index contributed by atoms with van der Waals surface area (Å²) < 4.78 is 0. The van der Waals surface area contributed by atoms with Crippen molar-refractivity contribution >= 4 is 17.5 Å². The maximum atomic E-state index is 13.2. The summed E-state index contributed by atoms with van der Waals surface area (Å²) in [6.45, 7) is 2.13. The van der Waals surface area contributed by atoms with Crippen LogP contribution in [0.4, 0.5) is 0 Å². The summed E-state index contributed by atoms with van der Waals surface area (Å²) in [6, 6.07) is 8.33. The lowest BCUT2D eigenvalue weighted by atomic mass is 9.94. The van der Waals surface area contributed by atoms with Crippen molar-refractivity contribution in [3.8, 4) is 0 Å². The lowest BCUT2D eigenvalue weighted by molar-refractivity contribution is -0.136. The highest BCUT2D eigenvalue weighted by Crippen LogP contribution is 2.37. The lowest BCUT2D eigenvalue weighted by Crippen LogP contribution is -2.37. The van der Waals surface area contributed by atoms with Crippen LogP contribution in [0.5, 0.6) is 0 Å². The van der Waals surface area contributed by atoms with Crippen LogP contribution in [-0.2, 0) is 17.9 Å². The molecule has 2 unspecified atom stereocenters. The summed E-state index contributed by atoms with van der Waals surface area (Å²) in [5, 5.41) is 20.1. The number of nitrogens with zero attached hydrogens (tertiary/aromatic N) is 4. The van der Waals surface area contributed by atoms with Crippen LogP contribution in [0, 0.1) is 5.92 Å². The fourth-order valence-electron chi connectivity index (χ4n) is 4.40.